The third-order valence-corrected chi connectivity index (χ3v) is 6.58. The van der Waals surface area contributed by atoms with E-state index in [0.717, 1.165) is 6.42 Å². The number of nitrogens with zero attached hydrogens (tertiary/aromatic N) is 1. The van der Waals surface area contributed by atoms with Crippen molar-refractivity contribution in [2.75, 3.05) is 21.9 Å². The van der Waals surface area contributed by atoms with Crippen molar-refractivity contribution in [3.8, 4) is 0 Å². The molecule has 1 aliphatic rings. The Hall–Kier alpha value is -2.38. The molecule has 27 heavy (non-hydrogen) atoms. The van der Waals surface area contributed by atoms with E-state index in [1.54, 1.807) is 30.3 Å². The van der Waals surface area contributed by atoms with Gasteiger partial charge >= 0.3 is 0 Å². The van der Waals surface area contributed by atoms with Crippen LogP contribution in [0.2, 0.25) is 5.02 Å². The van der Waals surface area contributed by atoms with E-state index in [0.29, 0.717) is 29.9 Å². The Morgan fingerprint density at radius 3 is 2.41 bits per heavy atom. The van der Waals surface area contributed by atoms with Crippen molar-refractivity contribution in [3.63, 3.8) is 0 Å². The van der Waals surface area contributed by atoms with Crippen LogP contribution < -0.4 is 9.62 Å². The Labute approximate surface area is 163 Å². The van der Waals surface area contributed by atoms with Gasteiger partial charge in [0.25, 0.3) is 5.91 Å². The molecule has 3 rings (SSSR count). The number of carbonyl (C=O) groups is 2. The van der Waals surface area contributed by atoms with Crippen molar-refractivity contribution in [2.24, 2.45) is 0 Å². The Bertz CT molecular complexity index is 987. The van der Waals surface area contributed by atoms with Crippen LogP contribution in [0.4, 0.5) is 11.4 Å². The van der Waals surface area contributed by atoms with Gasteiger partial charge in [0.15, 0.2) is 5.78 Å². The second kappa shape index (κ2) is 7.70. The van der Waals surface area contributed by atoms with Crippen LogP contribution in [-0.2, 0) is 10.0 Å². The standard InChI is InChI=1S/C19H19ClN2O4S/c1-13(23)14-4-6-15(7-5-14)21-19(24)17-12-16(8-9-18(17)20)22-10-2-3-11-27(22,25)26/h4-9,12H,2-3,10-11H2,1H3,(H,21,24). The van der Waals surface area contributed by atoms with Gasteiger partial charge in [-0.3, -0.25) is 13.9 Å². The summed E-state index contributed by atoms with van der Waals surface area (Å²) in [7, 11) is -3.38. The average Bonchev–Trinajstić information content (AvgIpc) is 2.62. The summed E-state index contributed by atoms with van der Waals surface area (Å²) in [5.41, 5.74) is 1.67. The maximum absolute atomic E-state index is 12.6. The minimum Gasteiger partial charge on any atom is -0.322 e. The van der Waals surface area contributed by atoms with E-state index in [4.69, 9.17) is 11.6 Å². The van der Waals surface area contributed by atoms with Gasteiger partial charge in [-0.1, -0.05) is 11.6 Å². The fourth-order valence-corrected chi connectivity index (χ4v) is 4.74. The highest BCUT2D eigenvalue weighted by molar-refractivity contribution is 7.92. The number of nitrogens with one attached hydrogen (secondary N) is 1. The average molecular weight is 407 g/mol. The molecule has 8 heteroatoms. The van der Waals surface area contributed by atoms with Crippen LogP contribution >= 0.6 is 11.6 Å². The van der Waals surface area contributed by atoms with E-state index in [9.17, 15) is 18.0 Å². The summed E-state index contributed by atoms with van der Waals surface area (Å²) in [6.07, 6.45) is 1.40. The van der Waals surface area contributed by atoms with Crippen LogP contribution in [0.15, 0.2) is 42.5 Å². The minimum atomic E-state index is -3.38. The number of rotatable bonds is 4. The molecule has 0 aromatic heterocycles. The fraction of sp³-hybridized carbons (Fsp3) is 0.263. The van der Waals surface area contributed by atoms with Crippen molar-refractivity contribution < 1.29 is 18.0 Å². The number of carbonyl (C=O) groups excluding carboxylic acids is 2. The summed E-state index contributed by atoms with van der Waals surface area (Å²) in [6, 6.07) is 11.1. The molecule has 142 valence electrons. The molecule has 0 radical (unpaired) electrons. The number of sulfonamides is 1. The smallest absolute Gasteiger partial charge is 0.257 e. The van der Waals surface area contributed by atoms with Crippen molar-refractivity contribution in [1.29, 1.82) is 0 Å². The Balaban J connectivity index is 1.85. The molecule has 1 fully saturated rings. The molecule has 0 spiro atoms. The monoisotopic (exact) mass is 406 g/mol. The molecule has 1 heterocycles. The zero-order chi connectivity index (χ0) is 19.6. The normalized spacial score (nSPS) is 16.0. The number of Topliss-reactive ketones (excluding diaryl/α,β-unsaturated/α-hetero) is 1. The second-order valence-corrected chi connectivity index (χ2v) is 8.77. The van der Waals surface area contributed by atoms with Gasteiger partial charge in [0.05, 0.1) is 22.0 Å². The molecular weight excluding hydrogens is 388 g/mol. The molecular formula is C19H19ClN2O4S. The van der Waals surface area contributed by atoms with Gasteiger partial charge in [-0.2, -0.15) is 0 Å². The lowest BCUT2D eigenvalue weighted by atomic mass is 10.1. The number of halogens is 1. The molecule has 0 aliphatic carbocycles. The first-order valence-corrected chi connectivity index (χ1v) is 10.5. The van der Waals surface area contributed by atoms with Crippen molar-refractivity contribution in [1.82, 2.24) is 0 Å². The van der Waals surface area contributed by atoms with Gasteiger partial charge in [-0.25, -0.2) is 8.42 Å². The maximum atomic E-state index is 12.6. The summed E-state index contributed by atoms with van der Waals surface area (Å²) >= 11 is 6.16. The molecule has 0 saturated carbocycles. The Morgan fingerprint density at radius 2 is 1.78 bits per heavy atom. The predicted octanol–water partition coefficient (Wildman–Crippen LogP) is 3.72. The van der Waals surface area contributed by atoms with Crippen LogP contribution in [0.25, 0.3) is 0 Å². The van der Waals surface area contributed by atoms with E-state index >= 15 is 0 Å². The Kier molecular flexibility index (Phi) is 5.53. The van der Waals surface area contributed by atoms with Gasteiger partial charge in [0, 0.05) is 17.8 Å². The third-order valence-electron chi connectivity index (χ3n) is 4.38. The molecule has 2 aromatic rings. The lowest BCUT2D eigenvalue weighted by Crippen LogP contribution is -2.38. The topological polar surface area (TPSA) is 83.6 Å². The van der Waals surface area contributed by atoms with Gasteiger partial charge in [-0.15, -0.1) is 0 Å². The largest absolute Gasteiger partial charge is 0.322 e. The molecule has 6 nitrogen and oxygen atoms in total. The zero-order valence-corrected chi connectivity index (χ0v) is 16.3. The van der Waals surface area contributed by atoms with E-state index in [1.807, 2.05) is 0 Å². The zero-order valence-electron chi connectivity index (χ0n) is 14.7. The van der Waals surface area contributed by atoms with E-state index < -0.39 is 15.9 Å². The van der Waals surface area contributed by atoms with Crippen molar-refractivity contribution in [3.05, 3.63) is 58.6 Å². The van der Waals surface area contributed by atoms with Crippen LogP contribution in [0.5, 0.6) is 0 Å². The lowest BCUT2D eigenvalue weighted by Gasteiger charge is -2.28. The van der Waals surface area contributed by atoms with Gasteiger partial charge in [-0.05, 0) is 62.2 Å². The Morgan fingerprint density at radius 1 is 1.07 bits per heavy atom. The lowest BCUT2D eigenvalue weighted by molar-refractivity contribution is 0.101. The van der Waals surface area contributed by atoms with Crippen LogP contribution in [0.1, 0.15) is 40.5 Å². The molecule has 1 N–H and O–H groups in total. The van der Waals surface area contributed by atoms with Crippen LogP contribution in [0.3, 0.4) is 0 Å². The quantitative estimate of drug-likeness (QED) is 0.784. The van der Waals surface area contributed by atoms with Gasteiger partial charge in [0.2, 0.25) is 10.0 Å². The fourth-order valence-electron chi connectivity index (χ4n) is 2.91. The molecule has 1 saturated heterocycles. The van der Waals surface area contributed by atoms with Crippen molar-refractivity contribution in [2.45, 2.75) is 19.8 Å². The highest BCUT2D eigenvalue weighted by Gasteiger charge is 2.27. The first-order chi connectivity index (χ1) is 12.8. The highest BCUT2D eigenvalue weighted by atomic mass is 35.5. The predicted molar refractivity (Wildman–Crippen MR) is 106 cm³/mol. The number of ketones is 1. The molecule has 1 amide bonds. The maximum Gasteiger partial charge on any atom is 0.257 e. The number of anilines is 2. The third kappa shape index (κ3) is 4.31. The number of hydrogen-bond donors (Lipinski definition) is 1. The number of amides is 1. The number of hydrogen-bond acceptors (Lipinski definition) is 4. The molecule has 1 aliphatic heterocycles. The summed E-state index contributed by atoms with van der Waals surface area (Å²) in [6.45, 7) is 1.85. The van der Waals surface area contributed by atoms with E-state index in [2.05, 4.69) is 5.32 Å². The van der Waals surface area contributed by atoms with Crippen LogP contribution in [-0.4, -0.2) is 32.4 Å². The van der Waals surface area contributed by atoms with E-state index in [-0.39, 0.29) is 22.1 Å². The molecule has 0 bridgehead atoms. The molecule has 2 aromatic carbocycles. The summed E-state index contributed by atoms with van der Waals surface area (Å²) in [5.74, 6) is -0.419. The molecule has 0 unspecified atom stereocenters. The van der Waals surface area contributed by atoms with Gasteiger partial charge < -0.3 is 5.32 Å². The SMILES string of the molecule is CC(=O)c1ccc(NC(=O)c2cc(N3CCCCS3(=O)=O)ccc2Cl)cc1. The first kappa shape index (κ1) is 19.4. The first-order valence-electron chi connectivity index (χ1n) is 8.50. The van der Waals surface area contributed by atoms with Crippen molar-refractivity contribution >= 4 is 44.7 Å². The van der Waals surface area contributed by atoms with Crippen LogP contribution in [0, 0.1) is 0 Å². The molecule has 0 atom stereocenters. The summed E-state index contributed by atoms with van der Waals surface area (Å²) in [4.78, 5) is 23.9. The van der Waals surface area contributed by atoms with Gasteiger partial charge in [0.1, 0.15) is 0 Å². The minimum absolute atomic E-state index is 0.0636. The highest BCUT2D eigenvalue weighted by Crippen LogP contribution is 2.28. The second-order valence-electron chi connectivity index (χ2n) is 6.35. The van der Waals surface area contributed by atoms with E-state index in [1.165, 1.54) is 23.4 Å². The summed E-state index contributed by atoms with van der Waals surface area (Å²) in [5, 5.41) is 2.94. The summed E-state index contributed by atoms with van der Waals surface area (Å²) < 4.78 is 25.9. The number of benzene rings is 2.